The van der Waals surface area contributed by atoms with Gasteiger partial charge in [0.15, 0.2) is 0 Å². The molecule has 8 heteroatoms. The molecule has 1 saturated heterocycles. The first-order valence-corrected chi connectivity index (χ1v) is 12.0. The van der Waals surface area contributed by atoms with Crippen LogP contribution < -0.4 is 5.32 Å². The Morgan fingerprint density at radius 3 is 2.49 bits per heavy atom. The highest BCUT2D eigenvalue weighted by molar-refractivity contribution is 5.95. The van der Waals surface area contributed by atoms with E-state index in [0.29, 0.717) is 18.7 Å². The standard InChI is InChI=1S/C27H35FN4O3/c1-7-25-21(14-19(6)20-8-9-23(24(28)15-20)26(33)30-17(2)3)16-29-32(25)22-10-12-31(13-11-22)27(34)35-18(4)5/h7-9,14-18,22H,1,10-13H2,2-6H3,(H,30,33)/b19-14+. The fraction of sp³-hybridized carbons (Fsp3) is 0.444. The largest absolute Gasteiger partial charge is 0.447 e. The highest BCUT2D eigenvalue weighted by atomic mass is 19.1. The number of piperidine rings is 1. The Morgan fingerprint density at radius 1 is 1.23 bits per heavy atom. The van der Waals surface area contributed by atoms with Crippen LogP contribution in [0.2, 0.25) is 0 Å². The molecule has 3 rings (SSSR count). The fourth-order valence-electron chi connectivity index (χ4n) is 4.17. The van der Waals surface area contributed by atoms with Crippen molar-refractivity contribution in [3.8, 4) is 0 Å². The molecule has 1 fully saturated rings. The molecule has 2 aromatic rings. The van der Waals surface area contributed by atoms with E-state index in [1.807, 2.05) is 45.4 Å². The Bertz CT molecular complexity index is 1110. The summed E-state index contributed by atoms with van der Waals surface area (Å²) in [6, 6.07) is 4.71. The van der Waals surface area contributed by atoms with Gasteiger partial charge in [-0.3, -0.25) is 9.48 Å². The van der Waals surface area contributed by atoms with Gasteiger partial charge in [0.25, 0.3) is 5.91 Å². The molecule has 188 valence electrons. The fourth-order valence-corrected chi connectivity index (χ4v) is 4.17. The number of halogens is 1. The van der Waals surface area contributed by atoms with Crippen LogP contribution in [0.5, 0.6) is 0 Å². The van der Waals surface area contributed by atoms with E-state index in [1.165, 1.54) is 12.1 Å². The summed E-state index contributed by atoms with van der Waals surface area (Å²) in [5.74, 6) is -0.986. The average molecular weight is 483 g/mol. The number of rotatable bonds is 7. The molecule has 0 bridgehead atoms. The number of likely N-dealkylation sites (tertiary alicyclic amines) is 1. The van der Waals surface area contributed by atoms with E-state index >= 15 is 0 Å². The molecule has 0 aliphatic carbocycles. The molecule has 0 atom stereocenters. The van der Waals surface area contributed by atoms with Gasteiger partial charge in [-0.1, -0.05) is 12.6 Å². The van der Waals surface area contributed by atoms with Crippen LogP contribution in [0, 0.1) is 5.82 Å². The number of nitrogens with one attached hydrogen (secondary N) is 1. The van der Waals surface area contributed by atoms with Crippen molar-refractivity contribution in [2.24, 2.45) is 0 Å². The minimum absolute atomic E-state index is 0.0264. The highest BCUT2D eigenvalue weighted by Gasteiger charge is 2.27. The van der Waals surface area contributed by atoms with E-state index < -0.39 is 11.7 Å². The molecule has 2 heterocycles. The molecule has 0 saturated carbocycles. The van der Waals surface area contributed by atoms with Crippen molar-refractivity contribution in [1.29, 1.82) is 0 Å². The summed E-state index contributed by atoms with van der Waals surface area (Å²) in [6.07, 6.45) is 6.61. The number of carbonyl (C=O) groups is 2. The minimum atomic E-state index is -0.559. The van der Waals surface area contributed by atoms with E-state index in [9.17, 15) is 14.0 Å². The maximum Gasteiger partial charge on any atom is 0.410 e. The quantitative estimate of drug-likeness (QED) is 0.562. The Kier molecular flexibility index (Phi) is 8.48. The van der Waals surface area contributed by atoms with Crippen molar-refractivity contribution in [3.05, 3.63) is 59.2 Å². The van der Waals surface area contributed by atoms with Crippen LogP contribution in [0.3, 0.4) is 0 Å². The van der Waals surface area contributed by atoms with Crippen molar-refractivity contribution in [2.45, 2.75) is 65.6 Å². The molecule has 0 unspecified atom stereocenters. The third-order valence-corrected chi connectivity index (χ3v) is 5.92. The van der Waals surface area contributed by atoms with Gasteiger partial charge in [0.1, 0.15) is 5.82 Å². The molecule has 1 N–H and O–H groups in total. The van der Waals surface area contributed by atoms with Crippen LogP contribution in [0.4, 0.5) is 9.18 Å². The normalized spacial score (nSPS) is 15.0. The molecule has 35 heavy (non-hydrogen) atoms. The summed E-state index contributed by atoms with van der Waals surface area (Å²) in [5, 5.41) is 7.31. The Hall–Kier alpha value is -3.42. The Morgan fingerprint density at radius 2 is 1.91 bits per heavy atom. The Balaban J connectivity index is 1.75. The van der Waals surface area contributed by atoms with Gasteiger partial charge in [-0.15, -0.1) is 0 Å². The van der Waals surface area contributed by atoms with Crippen molar-refractivity contribution in [1.82, 2.24) is 20.0 Å². The highest BCUT2D eigenvalue weighted by Crippen LogP contribution is 2.28. The summed E-state index contributed by atoms with van der Waals surface area (Å²) in [7, 11) is 0. The maximum atomic E-state index is 14.6. The summed E-state index contributed by atoms with van der Waals surface area (Å²) < 4.78 is 21.9. The lowest BCUT2D eigenvalue weighted by Gasteiger charge is -2.32. The first-order valence-electron chi connectivity index (χ1n) is 12.0. The number of aromatic nitrogens is 2. The first-order chi connectivity index (χ1) is 16.6. The lowest BCUT2D eigenvalue weighted by Crippen LogP contribution is -2.40. The van der Waals surface area contributed by atoms with Crippen molar-refractivity contribution >= 4 is 29.7 Å². The van der Waals surface area contributed by atoms with Crippen molar-refractivity contribution < 1.29 is 18.7 Å². The van der Waals surface area contributed by atoms with Crippen LogP contribution in [0.15, 0.2) is 31.0 Å². The molecule has 0 radical (unpaired) electrons. The van der Waals surface area contributed by atoms with Crippen molar-refractivity contribution in [3.63, 3.8) is 0 Å². The third kappa shape index (κ3) is 6.38. The van der Waals surface area contributed by atoms with E-state index in [1.54, 1.807) is 23.2 Å². The molecule has 1 aliphatic heterocycles. The molecular weight excluding hydrogens is 447 g/mol. The van der Waals surface area contributed by atoms with Crippen LogP contribution in [0.1, 0.15) is 80.7 Å². The number of hydrogen-bond acceptors (Lipinski definition) is 4. The second-order valence-corrected chi connectivity index (χ2v) is 9.43. The molecular formula is C27H35FN4O3. The number of allylic oxidation sites excluding steroid dienone is 1. The van der Waals surface area contributed by atoms with E-state index in [0.717, 1.165) is 29.7 Å². The summed E-state index contributed by atoms with van der Waals surface area (Å²) in [5.41, 5.74) is 3.30. The number of ether oxygens (including phenoxy) is 1. The Labute approximate surface area is 206 Å². The zero-order valence-corrected chi connectivity index (χ0v) is 21.2. The minimum Gasteiger partial charge on any atom is -0.447 e. The summed E-state index contributed by atoms with van der Waals surface area (Å²) >= 11 is 0. The van der Waals surface area contributed by atoms with Crippen LogP contribution in [-0.4, -0.2) is 51.9 Å². The number of carbonyl (C=O) groups excluding carboxylic acids is 2. The van der Waals surface area contributed by atoms with Gasteiger partial charge in [-0.05, 0) is 82.9 Å². The second kappa shape index (κ2) is 11.3. The molecule has 1 aromatic carbocycles. The summed E-state index contributed by atoms with van der Waals surface area (Å²) in [4.78, 5) is 26.1. The molecule has 0 spiro atoms. The van der Waals surface area contributed by atoms with Crippen molar-refractivity contribution in [2.75, 3.05) is 13.1 Å². The van der Waals surface area contributed by atoms with Gasteiger partial charge < -0.3 is 15.0 Å². The lowest BCUT2D eigenvalue weighted by atomic mass is 10.0. The van der Waals surface area contributed by atoms with Crippen LogP contribution in [-0.2, 0) is 4.74 Å². The van der Waals surface area contributed by atoms with E-state index in [4.69, 9.17) is 4.74 Å². The lowest BCUT2D eigenvalue weighted by molar-refractivity contribution is 0.0652. The zero-order valence-electron chi connectivity index (χ0n) is 21.2. The predicted molar refractivity (Wildman–Crippen MR) is 136 cm³/mol. The number of nitrogens with zero attached hydrogens (tertiary/aromatic N) is 3. The van der Waals surface area contributed by atoms with Crippen LogP contribution in [0.25, 0.3) is 17.7 Å². The smallest absolute Gasteiger partial charge is 0.410 e. The van der Waals surface area contributed by atoms with Gasteiger partial charge in [0.05, 0.1) is 29.6 Å². The summed E-state index contributed by atoms with van der Waals surface area (Å²) in [6.45, 7) is 14.4. The maximum absolute atomic E-state index is 14.6. The predicted octanol–water partition coefficient (Wildman–Crippen LogP) is 5.55. The number of amides is 2. The SMILES string of the molecule is C=Cc1c(/C=C(\C)c2ccc(C(=O)NC(C)C)c(F)c2)cnn1C1CCN(C(=O)OC(C)C)CC1. The van der Waals surface area contributed by atoms with Gasteiger partial charge >= 0.3 is 6.09 Å². The topological polar surface area (TPSA) is 76.5 Å². The van der Waals surface area contributed by atoms with Gasteiger partial charge in [-0.25, -0.2) is 9.18 Å². The molecule has 1 aliphatic rings. The third-order valence-electron chi connectivity index (χ3n) is 5.92. The average Bonchev–Trinajstić information content (AvgIpc) is 3.20. The van der Waals surface area contributed by atoms with Gasteiger partial charge in [0.2, 0.25) is 0 Å². The van der Waals surface area contributed by atoms with Gasteiger partial charge in [-0.2, -0.15) is 5.10 Å². The van der Waals surface area contributed by atoms with Crippen LogP contribution >= 0.6 is 0 Å². The van der Waals surface area contributed by atoms with E-state index in [2.05, 4.69) is 17.0 Å². The molecule has 2 amide bonds. The van der Waals surface area contributed by atoms with E-state index in [-0.39, 0.29) is 29.8 Å². The monoisotopic (exact) mass is 482 g/mol. The molecule has 1 aromatic heterocycles. The molecule has 7 nitrogen and oxygen atoms in total. The van der Waals surface area contributed by atoms with Gasteiger partial charge in [0, 0.05) is 24.7 Å². The first kappa shape index (κ1) is 26.2. The zero-order chi connectivity index (χ0) is 25.7. The number of benzene rings is 1. The number of hydrogen-bond donors (Lipinski definition) is 1. The second-order valence-electron chi connectivity index (χ2n) is 9.43.